The van der Waals surface area contributed by atoms with Gasteiger partial charge in [-0.3, -0.25) is 4.79 Å². The number of anilines is 1. The summed E-state index contributed by atoms with van der Waals surface area (Å²) in [6.07, 6.45) is 2.06. The number of nitrogens with one attached hydrogen (secondary N) is 1. The van der Waals surface area contributed by atoms with Crippen LogP contribution in [-0.2, 0) is 6.42 Å². The molecule has 0 saturated carbocycles. The number of alkyl halides is 1. The molecule has 2 rings (SSSR count). The molecule has 0 bridgehead atoms. The third-order valence-electron chi connectivity index (χ3n) is 2.97. The van der Waals surface area contributed by atoms with Crippen molar-refractivity contribution in [2.24, 2.45) is 0 Å². The minimum Gasteiger partial charge on any atom is -0.322 e. The van der Waals surface area contributed by atoms with Crippen molar-refractivity contribution < 1.29 is 4.79 Å². The van der Waals surface area contributed by atoms with Gasteiger partial charge in [0.2, 0.25) is 0 Å². The molecule has 0 fully saturated rings. The van der Waals surface area contributed by atoms with E-state index in [0.29, 0.717) is 15.1 Å². The third kappa shape index (κ3) is 4.83. The molecule has 2 nitrogen and oxygen atoms in total. The first-order valence-electron chi connectivity index (χ1n) is 6.51. The zero-order chi connectivity index (χ0) is 15.2. The first-order valence-corrected chi connectivity index (χ1v) is 8.80. The number of aryl methyl sites for hydroxylation is 1. The van der Waals surface area contributed by atoms with Crippen molar-refractivity contribution in [3.63, 3.8) is 0 Å². The van der Waals surface area contributed by atoms with Crippen LogP contribution in [0, 0.1) is 0 Å². The third-order valence-corrected chi connectivity index (χ3v) is 4.74. The molecule has 1 N–H and O–H groups in total. The molecule has 0 aliphatic carbocycles. The predicted molar refractivity (Wildman–Crippen MR) is 95.7 cm³/mol. The number of rotatable bonds is 5. The predicted octanol–water partition coefficient (Wildman–Crippen LogP) is 5.68. The molecule has 0 saturated heterocycles. The van der Waals surface area contributed by atoms with Gasteiger partial charge in [0.1, 0.15) is 0 Å². The highest BCUT2D eigenvalue weighted by Crippen LogP contribution is 2.24. The lowest BCUT2D eigenvalue weighted by Crippen LogP contribution is -2.12. The Morgan fingerprint density at radius 3 is 2.71 bits per heavy atom. The van der Waals surface area contributed by atoms with Crippen LogP contribution >= 0.6 is 43.5 Å². The maximum Gasteiger partial charge on any atom is 0.255 e. The molecule has 21 heavy (non-hydrogen) atoms. The van der Waals surface area contributed by atoms with Crippen LogP contribution in [0.1, 0.15) is 22.3 Å². The Bertz CT molecular complexity index is 646. The van der Waals surface area contributed by atoms with E-state index < -0.39 is 0 Å². The standard InChI is InChI=1S/C16H14Br2ClNO/c17-8-2-4-11-3-1-5-13(9-11)20-16(21)12-6-7-15(19)14(18)10-12/h1,3,5-7,9-10H,2,4,8H2,(H,20,21). The molecule has 0 aromatic heterocycles. The Hall–Kier alpha value is -0.840. The van der Waals surface area contributed by atoms with Gasteiger partial charge in [0.05, 0.1) is 5.02 Å². The van der Waals surface area contributed by atoms with Crippen molar-refractivity contribution in [1.82, 2.24) is 0 Å². The molecular weight excluding hydrogens is 417 g/mol. The molecule has 0 heterocycles. The number of halogens is 3. The lowest BCUT2D eigenvalue weighted by atomic mass is 10.1. The van der Waals surface area contributed by atoms with Gasteiger partial charge >= 0.3 is 0 Å². The van der Waals surface area contributed by atoms with Gasteiger partial charge in [-0.2, -0.15) is 0 Å². The molecule has 1 amide bonds. The van der Waals surface area contributed by atoms with Crippen LogP contribution in [0.2, 0.25) is 5.02 Å². The maximum absolute atomic E-state index is 12.2. The number of carbonyl (C=O) groups is 1. The topological polar surface area (TPSA) is 29.1 Å². The quantitative estimate of drug-likeness (QED) is 0.606. The minimum absolute atomic E-state index is 0.148. The van der Waals surface area contributed by atoms with Crippen LogP contribution in [0.4, 0.5) is 5.69 Å². The van der Waals surface area contributed by atoms with E-state index in [9.17, 15) is 4.79 Å². The zero-order valence-corrected chi connectivity index (χ0v) is 15.1. The molecule has 0 aliphatic heterocycles. The second-order valence-corrected chi connectivity index (χ2v) is 6.63. The van der Waals surface area contributed by atoms with Gasteiger partial charge in [-0.25, -0.2) is 0 Å². The molecule has 0 aliphatic rings. The van der Waals surface area contributed by atoms with E-state index in [1.54, 1.807) is 18.2 Å². The first kappa shape index (κ1) is 16.5. The average Bonchev–Trinajstić information content (AvgIpc) is 2.48. The summed E-state index contributed by atoms with van der Waals surface area (Å²) < 4.78 is 0.711. The van der Waals surface area contributed by atoms with Crippen LogP contribution in [0.15, 0.2) is 46.9 Å². The van der Waals surface area contributed by atoms with E-state index in [4.69, 9.17) is 11.6 Å². The van der Waals surface area contributed by atoms with E-state index in [0.717, 1.165) is 23.9 Å². The summed E-state index contributed by atoms with van der Waals surface area (Å²) >= 11 is 12.7. The Morgan fingerprint density at radius 2 is 2.00 bits per heavy atom. The van der Waals surface area contributed by atoms with Gasteiger partial charge in [0, 0.05) is 21.1 Å². The maximum atomic E-state index is 12.2. The van der Waals surface area contributed by atoms with Crippen LogP contribution in [0.25, 0.3) is 0 Å². The van der Waals surface area contributed by atoms with Crippen molar-refractivity contribution in [2.45, 2.75) is 12.8 Å². The first-order chi connectivity index (χ1) is 10.1. The van der Waals surface area contributed by atoms with E-state index in [1.807, 2.05) is 18.2 Å². The van der Waals surface area contributed by atoms with Crippen molar-refractivity contribution in [3.05, 3.63) is 63.1 Å². The number of hydrogen-bond acceptors (Lipinski definition) is 1. The number of benzene rings is 2. The second kappa shape index (κ2) is 7.97. The summed E-state index contributed by atoms with van der Waals surface area (Å²) in [5, 5.41) is 4.47. The van der Waals surface area contributed by atoms with Gasteiger partial charge in [0.15, 0.2) is 0 Å². The zero-order valence-electron chi connectivity index (χ0n) is 11.2. The molecular formula is C16H14Br2ClNO. The van der Waals surface area contributed by atoms with Crippen molar-refractivity contribution in [1.29, 1.82) is 0 Å². The van der Waals surface area contributed by atoms with Gasteiger partial charge < -0.3 is 5.32 Å². The molecule has 0 radical (unpaired) electrons. The van der Waals surface area contributed by atoms with Gasteiger partial charge in [-0.1, -0.05) is 39.7 Å². The van der Waals surface area contributed by atoms with Crippen molar-refractivity contribution >= 4 is 55.1 Å². The highest BCUT2D eigenvalue weighted by Gasteiger charge is 2.08. The summed E-state index contributed by atoms with van der Waals surface area (Å²) in [5.41, 5.74) is 2.58. The minimum atomic E-state index is -0.148. The van der Waals surface area contributed by atoms with Crippen LogP contribution in [-0.4, -0.2) is 11.2 Å². The van der Waals surface area contributed by atoms with Crippen LogP contribution in [0.3, 0.4) is 0 Å². The average molecular weight is 432 g/mol. The Balaban J connectivity index is 2.10. The molecule has 5 heteroatoms. The second-order valence-electron chi connectivity index (χ2n) is 4.58. The molecule has 110 valence electrons. The molecule has 0 unspecified atom stereocenters. The Labute approximate surface area is 146 Å². The summed E-state index contributed by atoms with van der Waals surface area (Å²) in [7, 11) is 0. The fourth-order valence-electron chi connectivity index (χ4n) is 1.92. The van der Waals surface area contributed by atoms with Gasteiger partial charge in [-0.15, -0.1) is 0 Å². The van der Waals surface area contributed by atoms with E-state index in [1.165, 1.54) is 5.56 Å². The SMILES string of the molecule is O=C(Nc1cccc(CCCBr)c1)c1ccc(Cl)c(Br)c1. The number of amides is 1. The lowest BCUT2D eigenvalue weighted by molar-refractivity contribution is 0.102. The van der Waals surface area contributed by atoms with E-state index in [2.05, 4.69) is 43.2 Å². The lowest BCUT2D eigenvalue weighted by Gasteiger charge is -2.08. The van der Waals surface area contributed by atoms with Crippen LogP contribution in [0.5, 0.6) is 0 Å². The normalized spacial score (nSPS) is 10.4. The largest absolute Gasteiger partial charge is 0.322 e. The molecule has 2 aromatic rings. The van der Waals surface area contributed by atoms with E-state index >= 15 is 0 Å². The fourth-order valence-corrected chi connectivity index (χ4v) is 2.69. The Morgan fingerprint density at radius 1 is 1.19 bits per heavy atom. The summed E-state index contributed by atoms with van der Waals surface area (Å²) in [6.45, 7) is 0. The summed E-state index contributed by atoms with van der Waals surface area (Å²) in [4.78, 5) is 12.2. The van der Waals surface area contributed by atoms with Crippen molar-refractivity contribution in [2.75, 3.05) is 10.6 Å². The van der Waals surface area contributed by atoms with Gasteiger partial charge in [-0.05, 0) is 64.7 Å². The monoisotopic (exact) mass is 429 g/mol. The molecule has 2 aromatic carbocycles. The van der Waals surface area contributed by atoms with Crippen LogP contribution < -0.4 is 5.32 Å². The van der Waals surface area contributed by atoms with Gasteiger partial charge in [0.25, 0.3) is 5.91 Å². The smallest absolute Gasteiger partial charge is 0.255 e. The Kier molecular flexibility index (Phi) is 6.27. The number of hydrogen-bond donors (Lipinski definition) is 1. The highest BCUT2D eigenvalue weighted by atomic mass is 79.9. The molecule has 0 spiro atoms. The molecule has 0 atom stereocenters. The highest BCUT2D eigenvalue weighted by molar-refractivity contribution is 9.10. The number of carbonyl (C=O) groups excluding carboxylic acids is 1. The summed E-state index contributed by atoms with van der Waals surface area (Å²) in [6, 6.07) is 13.0. The van der Waals surface area contributed by atoms with E-state index in [-0.39, 0.29) is 5.91 Å². The summed E-state index contributed by atoms with van der Waals surface area (Å²) in [5.74, 6) is -0.148. The van der Waals surface area contributed by atoms with Crippen molar-refractivity contribution in [3.8, 4) is 0 Å². The fraction of sp³-hybridized carbons (Fsp3) is 0.188.